The molecule has 6 heteroatoms. The van der Waals surface area contributed by atoms with Crippen molar-refractivity contribution in [2.75, 3.05) is 0 Å². The lowest BCUT2D eigenvalue weighted by molar-refractivity contribution is -0.120. The molecule has 1 aliphatic rings. The number of carbonyl (C=O) groups excluding carboxylic acids is 2. The van der Waals surface area contributed by atoms with Gasteiger partial charge in [-0.1, -0.05) is 78.6 Å². The number of carbonyl (C=O) groups is 2. The Hall–Kier alpha value is -2.57. The van der Waals surface area contributed by atoms with Crippen molar-refractivity contribution in [3.63, 3.8) is 0 Å². The summed E-state index contributed by atoms with van der Waals surface area (Å²) in [5.74, 6) is -1.98. The van der Waals surface area contributed by atoms with E-state index in [0.29, 0.717) is 4.91 Å². The van der Waals surface area contributed by atoms with Gasteiger partial charge < -0.3 is 0 Å². The Morgan fingerprint density at radius 1 is 1.08 bits per heavy atom. The Bertz CT molecular complexity index is 907. The van der Waals surface area contributed by atoms with E-state index in [4.69, 9.17) is 12.2 Å². The molecule has 0 N–H and O–H groups in total. The van der Waals surface area contributed by atoms with Crippen LogP contribution in [0, 0.1) is 5.82 Å². The number of thiocarbonyl (C=S) groups is 1. The van der Waals surface area contributed by atoms with E-state index in [1.54, 1.807) is 12.2 Å². The molecule has 0 aromatic heterocycles. The molecule has 1 heterocycles. The smallest absolute Gasteiger partial charge is 0.268 e. The molecule has 1 aliphatic heterocycles. The maximum atomic E-state index is 13.8. The van der Waals surface area contributed by atoms with E-state index in [1.165, 1.54) is 24.3 Å². The van der Waals surface area contributed by atoms with Crippen LogP contribution in [-0.2, 0) is 4.79 Å². The zero-order chi connectivity index (χ0) is 17.8. The molecule has 2 aromatic carbocycles. The second-order valence-electron chi connectivity index (χ2n) is 5.09. The van der Waals surface area contributed by atoms with Gasteiger partial charge in [0, 0.05) is 0 Å². The molecule has 0 bridgehead atoms. The first-order valence-electron chi connectivity index (χ1n) is 7.36. The largest absolute Gasteiger partial charge is 0.273 e. The molecule has 3 rings (SSSR count). The topological polar surface area (TPSA) is 37.4 Å². The fourth-order valence-corrected chi connectivity index (χ4v) is 3.43. The number of allylic oxidation sites excluding steroid dienone is 2. The van der Waals surface area contributed by atoms with Crippen LogP contribution in [-0.4, -0.2) is 21.0 Å². The number of benzene rings is 2. The fourth-order valence-electron chi connectivity index (χ4n) is 2.22. The molecule has 0 atom stereocenters. The third-order valence-electron chi connectivity index (χ3n) is 3.44. The summed E-state index contributed by atoms with van der Waals surface area (Å²) in [6, 6.07) is 15.1. The molecule has 0 aliphatic carbocycles. The molecule has 3 nitrogen and oxygen atoms in total. The highest BCUT2D eigenvalue weighted by atomic mass is 32.2. The van der Waals surface area contributed by atoms with Crippen LogP contribution in [0.3, 0.4) is 0 Å². The highest BCUT2D eigenvalue weighted by Gasteiger charge is 2.37. The van der Waals surface area contributed by atoms with Crippen LogP contribution >= 0.6 is 24.0 Å². The van der Waals surface area contributed by atoms with Gasteiger partial charge in [-0.3, -0.25) is 9.59 Å². The maximum Gasteiger partial charge on any atom is 0.273 e. The van der Waals surface area contributed by atoms with Crippen LogP contribution in [0.1, 0.15) is 15.9 Å². The lowest BCUT2D eigenvalue weighted by Gasteiger charge is -2.12. The van der Waals surface area contributed by atoms with E-state index in [1.807, 2.05) is 36.4 Å². The molecule has 25 heavy (non-hydrogen) atoms. The monoisotopic (exact) mass is 369 g/mol. The van der Waals surface area contributed by atoms with Crippen molar-refractivity contribution in [1.82, 2.24) is 4.90 Å². The number of nitrogens with zero attached hydrogens (tertiary/aromatic N) is 1. The van der Waals surface area contributed by atoms with Crippen LogP contribution < -0.4 is 0 Å². The van der Waals surface area contributed by atoms with Crippen molar-refractivity contribution in [3.05, 3.63) is 88.6 Å². The van der Waals surface area contributed by atoms with Gasteiger partial charge in [-0.05, 0) is 23.8 Å². The van der Waals surface area contributed by atoms with Gasteiger partial charge in [0.25, 0.3) is 11.8 Å². The molecule has 0 radical (unpaired) electrons. The summed E-state index contributed by atoms with van der Waals surface area (Å²) in [5, 5.41) is 0. The average molecular weight is 369 g/mol. The molecule has 1 fully saturated rings. The quantitative estimate of drug-likeness (QED) is 0.456. The minimum Gasteiger partial charge on any atom is -0.268 e. The van der Waals surface area contributed by atoms with E-state index in [9.17, 15) is 14.0 Å². The summed E-state index contributed by atoms with van der Waals surface area (Å²) in [5.41, 5.74) is 0.802. The van der Waals surface area contributed by atoms with Gasteiger partial charge in [0.2, 0.25) is 0 Å². The molecule has 1 saturated heterocycles. The zero-order valence-corrected chi connectivity index (χ0v) is 14.5. The fraction of sp³-hybridized carbons (Fsp3) is 0. The van der Waals surface area contributed by atoms with Crippen molar-refractivity contribution in [2.24, 2.45) is 0 Å². The second-order valence-corrected chi connectivity index (χ2v) is 6.77. The van der Waals surface area contributed by atoms with Gasteiger partial charge in [-0.25, -0.2) is 9.29 Å². The first kappa shape index (κ1) is 17.3. The first-order valence-corrected chi connectivity index (χ1v) is 8.59. The summed E-state index contributed by atoms with van der Waals surface area (Å²) in [4.78, 5) is 26.1. The Kier molecular flexibility index (Phi) is 5.21. The molecule has 2 amide bonds. The Balaban J connectivity index is 1.81. The van der Waals surface area contributed by atoms with Gasteiger partial charge in [0.05, 0.1) is 10.5 Å². The molecular weight excluding hydrogens is 357 g/mol. The highest BCUT2D eigenvalue weighted by molar-refractivity contribution is 8.26. The maximum absolute atomic E-state index is 13.8. The van der Waals surface area contributed by atoms with E-state index in [0.717, 1.165) is 22.2 Å². The molecular formula is C19H12FNO2S2. The number of thioether (sulfide) groups is 1. The van der Waals surface area contributed by atoms with E-state index >= 15 is 0 Å². The summed E-state index contributed by atoms with van der Waals surface area (Å²) in [7, 11) is 0. The minimum atomic E-state index is -0.754. The Labute approximate surface area is 153 Å². The van der Waals surface area contributed by atoms with Gasteiger partial charge in [-0.15, -0.1) is 0 Å². The van der Waals surface area contributed by atoms with Gasteiger partial charge in [-0.2, -0.15) is 0 Å². The number of amides is 2. The molecule has 0 unspecified atom stereocenters. The summed E-state index contributed by atoms with van der Waals surface area (Å²) < 4.78 is 13.9. The highest BCUT2D eigenvalue weighted by Crippen LogP contribution is 2.32. The second kappa shape index (κ2) is 7.55. The van der Waals surface area contributed by atoms with E-state index in [2.05, 4.69) is 0 Å². The number of hydrogen-bond donors (Lipinski definition) is 0. The molecule has 0 spiro atoms. The third kappa shape index (κ3) is 3.75. The predicted octanol–water partition coefficient (Wildman–Crippen LogP) is 4.42. The van der Waals surface area contributed by atoms with Crippen molar-refractivity contribution in [2.45, 2.75) is 0 Å². The zero-order valence-electron chi connectivity index (χ0n) is 12.9. The first-order chi connectivity index (χ1) is 12.1. The van der Waals surface area contributed by atoms with Crippen LogP contribution in [0.4, 0.5) is 4.39 Å². The SMILES string of the molecule is O=C1/C(=C\C=C\c2ccccc2)SC(=S)N1C(=O)c1ccccc1F. The number of rotatable bonds is 3. The van der Waals surface area contributed by atoms with Gasteiger partial charge in [0.15, 0.2) is 4.32 Å². The summed E-state index contributed by atoms with van der Waals surface area (Å²) >= 11 is 6.14. The standard InChI is InChI=1S/C19H12FNO2S2/c20-15-11-5-4-10-14(15)17(22)21-18(23)16(25-19(21)24)12-6-9-13-7-2-1-3-8-13/h1-12H/b9-6+,16-12+. The van der Waals surface area contributed by atoms with Crippen LogP contribution in [0.2, 0.25) is 0 Å². The average Bonchev–Trinajstić information content (AvgIpc) is 2.89. The lowest BCUT2D eigenvalue weighted by Crippen LogP contribution is -2.35. The summed E-state index contributed by atoms with van der Waals surface area (Å²) in [6.07, 6.45) is 5.15. The van der Waals surface area contributed by atoms with Gasteiger partial charge >= 0.3 is 0 Å². The normalized spacial score (nSPS) is 16.2. The molecule has 0 saturated carbocycles. The predicted molar refractivity (Wildman–Crippen MR) is 101 cm³/mol. The van der Waals surface area contributed by atoms with Crippen molar-refractivity contribution in [1.29, 1.82) is 0 Å². The number of hydrogen-bond acceptors (Lipinski definition) is 4. The Morgan fingerprint density at radius 2 is 1.76 bits per heavy atom. The van der Waals surface area contributed by atoms with Crippen LogP contribution in [0.15, 0.2) is 71.7 Å². The lowest BCUT2D eigenvalue weighted by atomic mass is 10.2. The molecule has 124 valence electrons. The van der Waals surface area contributed by atoms with Gasteiger partial charge in [0.1, 0.15) is 5.82 Å². The van der Waals surface area contributed by atoms with Crippen molar-refractivity contribution >= 4 is 46.2 Å². The number of halogens is 1. The molecule has 2 aromatic rings. The number of imide groups is 1. The Morgan fingerprint density at radius 3 is 2.48 bits per heavy atom. The van der Waals surface area contributed by atoms with Crippen molar-refractivity contribution in [3.8, 4) is 0 Å². The van der Waals surface area contributed by atoms with Crippen LogP contribution in [0.25, 0.3) is 6.08 Å². The van der Waals surface area contributed by atoms with E-state index in [-0.39, 0.29) is 9.88 Å². The van der Waals surface area contributed by atoms with Crippen molar-refractivity contribution < 1.29 is 14.0 Å². The van der Waals surface area contributed by atoms with Crippen LogP contribution in [0.5, 0.6) is 0 Å². The summed E-state index contributed by atoms with van der Waals surface area (Å²) in [6.45, 7) is 0. The van der Waals surface area contributed by atoms with E-state index < -0.39 is 17.6 Å². The third-order valence-corrected chi connectivity index (χ3v) is 4.76. The minimum absolute atomic E-state index is 0.0950.